The minimum absolute atomic E-state index is 0.0366. The topological polar surface area (TPSA) is 137 Å². The van der Waals surface area contributed by atoms with Crippen LogP contribution in [0.4, 0.5) is 17.2 Å². The Balaban J connectivity index is 2.29. The second-order valence-electron chi connectivity index (χ2n) is 3.25. The number of amides is 1. The van der Waals surface area contributed by atoms with Crippen molar-refractivity contribution in [2.24, 2.45) is 0 Å². The highest BCUT2D eigenvalue weighted by Gasteiger charge is 2.17. The van der Waals surface area contributed by atoms with Crippen LogP contribution in [-0.4, -0.2) is 21.0 Å². The largest absolute Gasteiger partial charge is 0.395 e. The molecule has 2 rings (SSSR count). The maximum absolute atomic E-state index is 11.8. The smallest absolute Gasteiger partial charge is 0.364 e. The van der Waals surface area contributed by atoms with Crippen molar-refractivity contribution in [3.05, 3.63) is 40.4 Å². The molecule has 9 heteroatoms. The molecular formula is C9H7N5O4. The molecule has 0 aliphatic rings. The van der Waals surface area contributed by atoms with Gasteiger partial charge in [-0.3, -0.25) is 4.79 Å². The van der Waals surface area contributed by atoms with Crippen molar-refractivity contribution in [1.82, 2.24) is 10.1 Å². The fourth-order valence-electron chi connectivity index (χ4n) is 1.22. The molecular weight excluding hydrogens is 242 g/mol. The Morgan fingerprint density at radius 1 is 1.50 bits per heavy atom. The summed E-state index contributed by atoms with van der Waals surface area (Å²) < 4.78 is 4.53. The maximum atomic E-state index is 11.8. The zero-order valence-electron chi connectivity index (χ0n) is 8.86. The summed E-state index contributed by atoms with van der Waals surface area (Å²) in [6.07, 6.45) is 3.55. The van der Waals surface area contributed by atoms with Gasteiger partial charge in [0, 0.05) is 0 Å². The Labute approximate surface area is 99.7 Å². The highest BCUT2D eigenvalue weighted by Crippen LogP contribution is 2.18. The van der Waals surface area contributed by atoms with Crippen LogP contribution in [-0.2, 0) is 0 Å². The van der Waals surface area contributed by atoms with Crippen LogP contribution < -0.4 is 11.1 Å². The SMILES string of the molecule is Nc1cnc([N+](=O)[O-])cc1C(=O)Nc1cnoc1. The Morgan fingerprint density at radius 3 is 2.89 bits per heavy atom. The second-order valence-corrected chi connectivity index (χ2v) is 3.25. The predicted molar refractivity (Wildman–Crippen MR) is 59.8 cm³/mol. The first kappa shape index (κ1) is 11.5. The Morgan fingerprint density at radius 2 is 2.28 bits per heavy atom. The van der Waals surface area contributed by atoms with Crippen molar-refractivity contribution < 1.29 is 14.2 Å². The lowest BCUT2D eigenvalue weighted by atomic mass is 10.2. The summed E-state index contributed by atoms with van der Waals surface area (Å²) in [7, 11) is 0. The third-order valence-electron chi connectivity index (χ3n) is 2.04. The number of nitrogens with two attached hydrogens (primary N) is 1. The lowest BCUT2D eigenvalue weighted by Gasteiger charge is -2.03. The fourth-order valence-corrected chi connectivity index (χ4v) is 1.22. The van der Waals surface area contributed by atoms with Crippen LogP contribution in [0.25, 0.3) is 0 Å². The van der Waals surface area contributed by atoms with E-state index in [9.17, 15) is 14.9 Å². The number of carbonyl (C=O) groups is 1. The summed E-state index contributed by atoms with van der Waals surface area (Å²) in [4.78, 5) is 25.1. The van der Waals surface area contributed by atoms with E-state index in [1.807, 2.05) is 0 Å². The van der Waals surface area contributed by atoms with Gasteiger partial charge in [-0.15, -0.1) is 0 Å². The molecule has 0 spiro atoms. The number of hydrogen-bond acceptors (Lipinski definition) is 7. The predicted octanol–water partition coefficient (Wildman–Crippen LogP) is 0.812. The van der Waals surface area contributed by atoms with E-state index in [0.29, 0.717) is 5.69 Å². The molecule has 0 fully saturated rings. The van der Waals surface area contributed by atoms with Gasteiger partial charge >= 0.3 is 5.82 Å². The average Bonchev–Trinajstić information content (AvgIpc) is 2.81. The maximum Gasteiger partial charge on any atom is 0.364 e. The Kier molecular flexibility index (Phi) is 2.87. The lowest BCUT2D eigenvalue weighted by Crippen LogP contribution is -2.14. The van der Waals surface area contributed by atoms with Crippen molar-refractivity contribution in [3.8, 4) is 0 Å². The van der Waals surface area contributed by atoms with Crippen molar-refractivity contribution in [3.63, 3.8) is 0 Å². The molecule has 2 aromatic heterocycles. The van der Waals surface area contributed by atoms with Crippen LogP contribution in [0.2, 0.25) is 0 Å². The van der Waals surface area contributed by atoms with Gasteiger partial charge in [-0.25, -0.2) is 0 Å². The van der Waals surface area contributed by atoms with Crippen LogP contribution >= 0.6 is 0 Å². The third-order valence-corrected chi connectivity index (χ3v) is 2.04. The van der Waals surface area contributed by atoms with Gasteiger partial charge in [-0.1, -0.05) is 5.16 Å². The lowest BCUT2D eigenvalue weighted by molar-refractivity contribution is -0.389. The van der Waals surface area contributed by atoms with Gasteiger partial charge < -0.3 is 25.7 Å². The number of nitro groups is 1. The number of nitrogens with one attached hydrogen (secondary N) is 1. The number of anilines is 2. The third kappa shape index (κ3) is 2.24. The van der Waals surface area contributed by atoms with Crippen molar-refractivity contribution >= 4 is 23.1 Å². The molecule has 18 heavy (non-hydrogen) atoms. The molecule has 0 saturated heterocycles. The molecule has 0 aromatic carbocycles. The quantitative estimate of drug-likeness (QED) is 0.606. The van der Waals surface area contributed by atoms with E-state index in [1.165, 1.54) is 12.5 Å². The van der Waals surface area contributed by atoms with Crippen LogP contribution in [0.1, 0.15) is 10.4 Å². The standard InChI is InChI=1S/C9H7N5O4/c10-7-3-11-8(14(16)17)1-6(7)9(15)13-5-2-12-18-4-5/h1-4H,10H2,(H,13,15). The van der Waals surface area contributed by atoms with E-state index in [-0.39, 0.29) is 11.3 Å². The first-order valence-electron chi connectivity index (χ1n) is 4.68. The molecule has 9 nitrogen and oxygen atoms in total. The van der Waals surface area contributed by atoms with Gasteiger partial charge in [0.2, 0.25) is 0 Å². The number of nitrogens with zero attached hydrogens (tertiary/aromatic N) is 3. The van der Waals surface area contributed by atoms with Gasteiger partial charge in [0.15, 0.2) is 6.20 Å². The minimum Gasteiger partial charge on any atom is -0.395 e. The molecule has 0 unspecified atom stereocenters. The van der Waals surface area contributed by atoms with E-state index >= 15 is 0 Å². The molecule has 92 valence electrons. The van der Waals surface area contributed by atoms with Gasteiger partial charge in [0.05, 0.1) is 23.5 Å². The van der Waals surface area contributed by atoms with Gasteiger partial charge in [-0.05, 0) is 9.91 Å². The summed E-state index contributed by atoms with van der Waals surface area (Å²) in [5.74, 6) is -1.07. The highest BCUT2D eigenvalue weighted by atomic mass is 16.6. The number of rotatable bonds is 3. The van der Waals surface area contributed by atoms with E-state index < -0.39 is 16.6 Å². The van der Waals surface area contributed by atoms with Crippen molar-refractivity contribution in [2.75, 3.05) is 11.1 Å². The number of carbonyl (C=O) groups excluding carboxylic acids is 1. The monoisotopic (exact) mass is 249 g/mol. The number of hydrogen-bond donors (Lipinski definition) is 2. The number of pyridine rings is 1. The summed E-state index contributed by atoms with van der Waals surface area (Å²) >= 11 is 0. The second kappa shape index (κ2) is 4.49. The average molecular weight is 249 g/mol. The summed E-state index contributed by atoms with van der Waals surface area (Å²) in [6, 6.07) is 0.998. The van der Waals surface area contributed by atoms with Crippen LogP contribution in [0.15, 0.2) is 29.2 Å². The summed E-state index contributed by atoms with van der Waals surface area (Å²) in [5.41, 5.74) is 5.85. The molecule has 0 saturated carbocycles. The van der Waals surface area contributed by atoms with Gasteiger partial charge in [-0.2, -0.15) is 0 Å². The van der Waals surface area contributed by atoms with E-state index in [2.05, 4.69) is 20.0 Å². The molecule has 2 aromatic rings. The number of aromatic nitrogens is 2. The zero-order valence-corrected chi connectivity index (χ0v) is 8.86. The van der Waals surface area contributed by atoms with E-state index in [4.69, 9.17) is 5.73 Å². The first-order chi connectivity index (χ1) is 8.58. The first-order valence-corrected chi connectivity index (χ1v) is 4.68. The molecule has 2 heterocycles. The Hall–Kier alpha value is -2.97. The summed E-state index contributed by atoms with van der Waals surface area (Å²) in [6.45, 7) is 0. The number of nitrogen functional groups attached to an aromatic ring is 1. The molecule has 0 aliphatic carbocycles. The van der Waals surface area contributed by atoms with Gasteiger partial charge in [0.1, 0.15) is 12.0 Å². The van der Waals surface area contributed by atoms with Crippen molar-refractivity contribution in [1.29, 1.82) is 0 Å². The van der Waals surface area contributed by atoms with Crippen molar-refractivity contribution in [2.45, 2.75) is 0 Å². The summed E-state index contributed by atoms with van der Waals surface area (Å²) in [5, 5.41) is 16.4. The Bertz CT molecular complexity index is 595. The fraction of sp³-hybridized carbons (Fsp3) is 0. The molecule has 1 amide bonds. The zero-order chi connectivity index (χ0) is 13.1. The molecule has 3 N–H and O–H groups in total. The minimum atomic E-state index is -0.713. The highest BCUT2D eigenvalue weighted by molar-refractivity contribution is 6.07. The molecule has 0 bridgehead atoms. The van der Waals surface area contributed by atoms with E-state index in [1.54, 1.807) is 0 Å². The van der Waals surface area contributed by atoms with Gasteiger partial charge in [0.25, 0.3) is 5.91 Å². The van der Waals surface area contributed by atoms with Crippen LogP contribution in [0.5, 0.6) is 0 Å². The van der Waals surface area contributed by atoms with Crippen LogP contribution in [0, 0.1) is 10.1 Å². The van der Waals surface area contributed by atoms with E-state index in [0.717, 1.165) is 12.3 Å². The van der Waals surface area contributed by atoms with Crippen LogP contribution in [0.3, 0.4) is 0 Å². The molecule has 0 atom stereocenters. The molecule has 0 radical (unpaired) electrons. The normalized spacial score (nSPS) is 10.0. The molecule has 0 aliphatic heterocycles.